The molecule has 30 heavy (non-hydrogen) atoms. The fourth-order valence-electron chi connectivity index (χ4n) is 3.15. The summed E-state index contributed by atoms with van der Waals surface area (Å²) in [5.74, 6) is -0.308. The van der Waals surface area contributed by atoms with E-state index in [9.17, 15) is 19.7 Å². The molecule has 0 aliphatic carbocycles. The topological polar surface area (TPSA) is 103 Å². The molecule has 0 saturated heterocycles. The highest BCUT2D eigenvalue weighted by Crippen LogP contribution is 2.27. The average Bonchev–Trinajstić information content (AvgIpc) is 3.01. The maximum Gasteiger partial charge on any atom is 0.276 e. The Labute approximate surface area is 173 Å². The van der Waals surface area contributed by atoms with Crippen LogP contribution >= 0.6 is 0 Å². The molecule has 3 aromatic rings. The molecule has 0 aliphatic heterocycles. The smallest absolute Gasteiger partial charge is 0.276 e. The lowest BCUT2D eigenvalue weighted by atomic mass is 10.1. The van der Waals surface area contributed by atoms with Gasteiger partial charge in [0.05, 0.1) is 10.5 Å². The lowest BCUT2D eigenvalue weighted by Crippen LogP contribution is -2.25. The summed E-state index contributed by atoms with van der Waals surface area (Å²) in [7, 11) is 0. The maximum absolute atomic E-state index is 12.7. The van der Waals surface area contributed by atoms with E-state index >= 15 is 0 Å². The molecule has 0 unspecified atom stereocenters. The molecule has 1 N–H and O–H groups in total. The summed E-state index contributed by atoms with van der Waals surface area (Å²) in [5.41, 5.74) is 5.24. The number of rotatable bonds is 7. The predicted molar refractivity (Wildman–Crippen MR) is 112 cm³/mol. The molecule has 0 radical (unpaired) electrons. The van der Waals surface area contributed by atoms with Crippen LogP contribution in [-0.2, 0) is 0 Å². The Balaban J connectivity index is 1.75. The molecule has 2 aromatic carbocycles. The zero-order valence-corrected chi connectivity index (χ0v) is 16.8. The summed E-state index contributed by atoms with van der Waals surface area (Å²) in [4.78, 5) is 35.7. The van der Waals surface area contributed by atoms with Crippen LogP contribution in [0.25, 0.3) is 0 Å². The van der Waals surface area contributed by atoms with Crippen LogP contribution in [-0.4, -0.2) is 27.9 Å². The fraction of sp³-hybridized carbons (Fsp3) is 0.182. The molecule has 1 heterocycles. The highest BCUT2D eigenvalue weighted by Gasteiger charge is 2.20. The second-order valence-corrected chi connectivity index (χ2v) is 6.80. The first-order chi connectivity index (χ1) is 14.3. The Kier molecular flexibility index (Phi) is 5.96. The molecule has 0 saturated carbocycles. The molecule has 0 bridgehead atoms. The van der Waals surface area contributed by atoms with Gasteiger partial charge in [-0.2, -0.15) is 0 Å². The summed E-state index contributed by atoms with van der Waals surface area (Å²) in [6.07, 6.45) is 0. The molecule has 8 heteroatoms. The van der Waals surface area contributed by atoms with Crippen LogP contribution in [0.5, 0.6) is 5.75 Å². The van der Waals surface area contributed by atoms with Crippen molar-refractivity contribution in [3.8, 4) is 5.75 Å². The normalized spacial score (nSPS) is 10.5. The summed E-state index contributed by atoms with van der Waals surface area (Å²) in [6.45, 7) is 4.80. The van der Waals surface area contributed by atoms with E-state index in [4.69, 9.17) is 4.74 Å². The first-order valence-electron chi connectivity index (χ1n) is 9.25. The van der Waals surface area contributed by atoms with Crippen molar-refractivity contribution in [1.29, 1.82) is 0 Å². The molecular weight excluding hydrogens is 386 g/mol. The molecular formula is C22H21N3O5. The number of nitrogens with one attached hydrogen (secondary N) is 1. The van der Waals surface area contributed by atoms with Gasteiger partial charge in [0.25, 0.3) is 11.6 Å². The third-order valence-electron chi connectivity index (χ3n) is 4.79. The van der Waals surface area contributed by atoms with Crippen molar-refractivity contribution < 1.29 is 19.2 Å². The van der Waals surface area contributed by atoms with Gasteiger partial charge in [-0.15, -0.1) is 0 Å². The first-order valence-corrected chi connectivity index (χ1v) is 9.25. The van der Waals surface area contributed by atoms with E-state index < -0.39 is 4.92 Å². The molecule has 1 aromatic heterocycles. The predicted octanol–water partition coefficient (Wildman–Crippen LogP) is 3.97. The Bertz CT molecular complexity index is 1120. The number of nitro groups is 1. The Hall–Kier alpha value is -3.94. The van der Waals surface area contributed by atoms with Gasteiger partial charge in [-0.3, -0.25) is 29.8 Å². The number of amides is 1. The number of aryl methyl sites for hydroxylation is 1. The van der Waals surface area contributed by atoms with Crippen LogP contribution < -0.4 is 10.2 Å². The van der Waals surface area contributed by atoms with Gasteiger partial charge in [0.1, 0.15) is 5.75 Å². The number of ketones is 1. The maximum atomic E-state index is 12.7. The quantitative estimate of drug-likeness (QED) is 0.363. The van der Waals surface area contributed by atoms with E-state index in [2.05, 4.69) is 5.43 Å². The summed E-state index contributed by atoms with van der Waals surface area (Å²) >= 11 is 0. The largest absolute Gasteiger partial charge is 0.485 e. The monoisotopic (exact) mass is 407 g/mol. The Morgan fingerprint density at radius 2 is 1.77 bits per heavy atom. The van der Waals surface area contributed by atoms with Crippen molar-refractivity contribution in [2.24, 2.45) is 0 Å². The Morgan fingerprint density at radius 1 is 1.07 bits per heavy atom. The van der Waals surface area contributed by atoms with Crippen LogP contribution in [0, 0.1) is 30.9 Å². The van der Waals surface area contributed by atoms with Gasteiger partial charge in [-0.1, -0.05) is 24.3 Å². The van der Waals surface area contributed by atoms with Gasteiger partial charge in [0, 0.05) is 28.6 Å². The zero-order valence-electron chi connectivity index (χ0n) is 16.8. The lowest BCUT2D eigenvalue weighted by molar-refractivity contribution is -0.385. The van der Waals surface area contributed by atoms with Crippen LogP contribution in [0.1, 0.15) is 37.7 Å². The lowest BCUT2D eigenvalue weighted by Gasteiger charge is -2.12. The van der Waals surface area contributed by atoms with Gasteiger partial charge in [0.15, 0.2) is 6.61 Å². The molecule has 1 amide bonds. The van der Waals surface area contributed by atoms with Gasteiger partial charge in [0.2, 0.25) is 5.78 Å². The van der Waals surface area contributed by atoms with Crippen molar-refractivity contribution in [1.82, 2.24) is 4.68 Å². The van der Waals surface area contributed by atoms with Gasteiger partial charge < -0.3 is 4.74 Å². The van der Waals surface area contributed by atoms with E-state index in [1.54, 1.807) is 61.8 Å². The second-order valence-electron chi connectivity index (χ2n) is 6.80. The van der Waals surface area contributed by atoms with E-state index in [1.807, 2.05) is 6.07 Å². The third kappa shape index (κ3) is 4.22. The summed E-state index contributed by atoms with van der Waals surface area (Å²) < 4.78 is 7.10. The average molecular weight is 407 g/mol. The molecule has 0 aliphatic rings. The molecule has 8 nitrogen and oxygen atoms in total. The number of aromatic nitrogens is 1. The van der Waals surface area contributed by atoms with Gasteiger partial charge in [-0.05, 0) is 45.0 Å². The SMILES string of the molecule is Cc1c(OCC(=O)c2cc(C)n(NC(=O)c3ccccc3)c2C)cccc1[N+](=O)[O-]. The molecule has 0 fully saturated rings. The van der Waals surface area contributed by atoms with E-state index in [-0.39, 0.29) is 29.7 Å². The van der Waals surface area contributed by atoms with Crippen LogP contribution in [0.2, 0.25) is 0 Å². The van der Waals surface area contributed by atoms with Gasteiger partial charge >= 0.3 is 0 Å². The number of Topliss-reactive ketones (excluding diaryl/α,β-unsaturated/α-hetero) is 1. The van der Waals surface area contributed by atoms with E-state index in [0.717, 1.165) is 0 Å². The summed E-state index contributed by atoms with van der Waals surface area (Å²) in [5, 5.41) is 11.1. The standard InChI is InChI=1S/C22H21N3O5/c1-14-12-18(16(3)24(14)23-22(27)17-8-5-4-6-9-17)20(26)13-30-21-11-7-10-19(15(21)2)25(28)29/h4-12H,13H2,1-3H3,(H,23,27). The van der Waals surface area contributed by atoms with Crippen molar-refractivity contribution >= 4 is 17.4 Å². The first kappa shape index (κ1) is 20.8. The number of ether oxygens (including phenoxy) is 1. The molecule has 0 spiro atoms. The fourth-order valence-corrected chi connectivity index (χ4v) is 3.15. The van der Waals surface area contributed by atoms with Crippen molar-refractivity contribution in [2.75, 3.05) is 12.0 Å². The number of carbonyl (C=O) groups excluding carboxylic acids is 2. The van der Waals surface area contributed by atoms with Crippen LogP contribution in [0.3, 0.4) is 0 Å². The van der Waals surface area contributed by atoms with Crippen molar-refractivity contribution in [3.63, 3.8) is 0 Å². The van der Waals surface area contributed by atoms with Crippen LogP contribution in [0.4, 0.5) is 5.69 Å². The number of carbonyl (C=O) groups is 2. The van der Waals surface area contributed by atoms with Crippen molar-refractivity contribution in [2.45, 2.75) is 20.8 Å². The Morgan fingerprint density at radius 3 is 2.43 bits per heavy atom. The van der Waals surface area contributed by atoms with E-state index in [1.165, 1.54) is 12.1 Å². The zero-order chi connectivity index (χ0) is 21.8. The third-order valence-corrected chi connectivity index (χ3v) is 4.79. The minimum atomic E-state index is -0.493. The highest BCUT2D eigenvalue weighted by atomic mass is 16.6. The number of hydrogen-bond donors (Lipinski definition) is 1. The van der Waals surface area contributed by atoms with E-state index in [0.29, 0.717) is 28.1 Å². The number of hydrogen-bond acceptors (Lipinski definition) is 5. The number of nitrogens with zero attached hydrogens (tertiary/aromatic N) is 2. The molecule has 154 valence electrons. The van der Waals surface area contributed by atoms with Gasteiger partial charge in [-0.25, -0.2) is 0 Å². The number of nitro benzene ring substituents is 1. The highest BCUT2D eigenvalue weighted by molar-refractivity contribution is 6.01. The minimum absolute atomic E-state index is 0.0678. The second kappa shape index (κ2) is 8.60. The molecule has 3 rings (SSSR count). The van der Waals surface area contributed by atoms with Crippen molar-refractivity contribution in [3.05, 3.63) is 92.8 Å². The summed E-state index contributed by atoms with van der Waals surface area (Å²) in [6, 6.07) is 14.9. The number of benzene rings is 2. The van der Waals surface area contributed by atoms with Crippen LogP contribution in [0.15, 0.2) is 54.6 Å². The molecule has 0 atom stereocenters. The minimum Gasteiger partial charge on any atom is -0.485 e.